The number of carbonyl (C=O) groups excluding carboxylic acids is 1. The second-order valence-corrected chi connectivity index (χ2v) is 15.4. The summed E-state index contributed by atoms with van der Waals surface area (Å²) < 4.78 is 32.5. The topological polar surface area (TPSA) is 112 Å². The van der Waals surface area contributed by atoms with Crippen molar-refractivity contribution in [1.29, 1.82) is 0 Å². The molecule has 1 aromatic rings. The Hall–Kier alpha value is -1.64. The molecule has 1 heterocycles. The standard InChI is InChI=1S/C20H31O8PSi/c1-13(11-28-29(22,23)24)7-8-15-18(25-3)14(2)16-12-27-20(21)17(16)19(15)26-9-10-30(4,5)6/h7H,8-12H2,1-6H3,(H2,22,23,24)/b13-7+. The highest BCUT2D eigenvalue weighted by molar-refractivity contribution is 7.46. The highest BCUT2D eigenvalue weighted by Crippen LogP contribution is 2.43. The van der Waals surface area contributed by atoms with E-state index in [4.69, 9.17) is 24.0 Å². The highest BCUT2D eigenvalue weighted by Gasteiger charge is 2.33. The molecule has 0 unspecified atom stereocenters. The fourth-order valence-electron chi connectivity index (χ4n) is 3.15. The Balaban J connectivity index is 2.43. The number of cyclic esters (lactones) is 1. The van der Waals surface area contributed by atoms with Gasteiger partial charge < -0.3 is 24.0 Å². The van der Waals surface area contributed by atoms with Crippen LogP contribution in [-0.4, -0.2) is 44.2 Å². The van der Waals surface area contributed by atoms with Crippen molar-refractivity contribution >= 4 is 21.9 Å². The zero-order valence-corrected chi connectivity index (χ0v) is 20.3. The first kappa shape index (κ1) is 24.6. The fraction of sp³-hybridized carbons (Fsp3) is 0.550. The summed E-state index contributed by atoms with van der Waals surface area (Å²) in [5.74, 6) is 0.675. The molecule has 0 saturated carbocycles. The van der Waals surface area contributed by atoms with E-state index < -0.39 is 21.9 Å². The fourth-order valence-corrected chi connectivity index (χ4v) is 4.24. The SMILES string of the molecule is COc1c(C)c2c(c(OCC[Si](C)(C)C)c1C/C=C(\C)COP(=O)(O)O)C(=O)OC2. The van der Waals surface area contributed by atoms with Crippen molar-refractivity contribution in [2.24, 2.45) is 0 Å². The van der Waals surface area contributed by atoms with E-state index in [1.807, 2.05) is 6.92 Å². The number of carbonyl (C=O) groups is 1. The Bertz CT molecular complexity index is 882. The van der Waals surface area contributed by atoms with E-state index in [2.05, 4.69) is 24.2 Å². The van der Waals surface area contributed by atoms with Crippen LogP contribution < -0.4 is 9.47 Å². The van der Waals surface area contributed by atoms with Gasteiger partial charge in [0.1, 0.15) is 23.7 Å². The maximum Gasteiger partial charge on any atom is 0.469 e. The van der Waals surface area contributed by atoms with Crippen molar-refractivity contribution in [3.8, 4) is 11.5 Å². The maximum atomic E-state index is 12.4. The van der Waals surface area contributed by atoms with Gasteiger partial charge in [-0.2, -0.15) is 0 Å². The van der Waals surface area contributed by atoms with Gasteiger partial charge in [-0.1, -0.05) is 31.3 Å². The third-order valence-corrected chi connectivity index (χ3v) is 7.01. The van der Waals surface area contributed by atoms with Gasteiger partial charge in [-0.05, 0) is 31.9 Å². The molecule has 0 aliphatic carbocycles. The van der Waals surface area contributed by atoms with E-state index in [-0.39, 0.29) is 13.2 Å². The number of ether oxygens (including phenoxy) is 3. The van der Waals surface area contributed by atoms with Gasteiger partial charge in [0.2, 0.25) is 0 Å². The molecule has 1 aliphatic heterocycles. The van der Waals surface area contributed by atoms with E-state index in [0.717, 1.165) is 17.2 Å². The number of methoxy groups -OCH3 is 1. The Morgan fingerprint density at radius 2 is 1.93 bits per heavy atom. The summed E-state index contributed by atoms with van der Waals surface area (Å²) in [6.07, 6.45) is 2.13. The van der Waals surface area contributed by atoms with Crippen LogP contribution in [0, 0.1) is 6.92 Å². The number of rotatable bonds is 10. The first-order valence-corrected chi connectivity index (χ1v) is 15.0. The van der Waals surface area contributed by atoms with E-state index >= 15 is 0 Å². The second kappa shape index (κ2) is 9.66. The molecular formula is C20H31O8PSi. The molecule has 1 aromatic carbocycles. The number of esters is 1. The molecule has 2 rings (SSSR count). The van der Waals surface area contributed by atoms with Gasteiger partial charge in [-0.3, -0.25) is 4.52 Å². The van der Waals surface area contributed by atoms with Crippen LogP contribution in [0.4, 0.5) is 0 Å². The molecule has 0 atom stereocenters. The Kier molecular flexibility index (Phi) is 7.93. The van der Waals surface area contributed by atoms with Gasteiger partial charge in [0.15, 0.2) is 0 Å². The Morgan fingerprint density at radius 3 is 2.50 bits per heavy atom. The maximum absolute atomic E-state index is 12.4. The molecule has 0 spiro atoms. The van der Waals surface area contributed by atoms with Gasteiger partial charge in [0.25, 0.3) is 0 Å². The van der Waals surface area contributed by atoms with Gasteiger partial charge >= 0.3 is 13.8 Å². The first-order chi connectivity index (χ1) is 13.8. The number of phosphoric acid groups is 1. The van der Waals surface area contributed by atoms with Crippen molar-refractivity contribution in [3.63, 3.8) is 0 Å². The molecule has 0 radical (unpaired) electrons. The summed E-state index contributed by atoms with van der Waals surface area (Å²) in [7, 11) is -4.32. The lowest BCUT2D eigenvalue weighted by molar-refractivity contribution is 0.0532. The van der Waals surface area contributed by atoms with Crippen LogP contribution in [0.25, 0.3) is 0 Å². The summed E-state index contributed by atoms with van der Waals surface area (Å²) in [5, 5.41) is 0. The monoisotopic (exact) mass is 458 g/mol. The van der Waals surface area contributed by atoms with E-state index in [0.29, 0.717) is 41.2 Å². The van der Waals surface area contributed by atoms with Crippen molar-refractivity contribution < 1.29 is 37.9 Å². The van der Waals surface area contributed by atoms with Gasteiger partial charge in [0, 0.05) is 19.2 Å². The summed E-state index contributed by atoms with van der Waals surface area (Å²) in [4.78, 5) is 30.2. The van der Waals surface area contributed by atoms with E-state index in [1.54, 1.807) is 20.1 Å². The number of hydrogen-bond acceptors (Lipinski definition) is 6. The average molecular weight is 459 g/mol. The number of phosphoric ester groups is 1. The molecule has 0 saturated heterocycles. The quantitative estimate of drug-likeness (QED) is 0.234. The molecule has 0 fully saturated rings. The van der Waals surface area contributed by atoms with Crippen molar-refractivity contribution in [2.45, 2.75) is 52.6 Å². The number of allylic oxidation sites excluding steroid dienone is 1. The predicted octanol–water partition coefficient (Wildman–Crippen LogP) is 3.99. The first-order valence-electron chi connectivity index (χ1n) is 9.72. The third kappa shape index (κ3) is 6.43. The number of hydrogen-bond donors (Lipinski definition) is 2. The van der Waals surface area contributed by atoms with Crippen LogP contribution in [0.2, 0.25) is 25.7 Å². The molecule has 168 valence electrons. The Morgan fingerprint density at radius 1 is 1.27 bits per heavy atom. The van der Waals surface area contributed by atoms with Crippen molar-refractivity contribution in [2.75, 3.05) is 20.3 Å². The lowest BCUT2D eigenvalue weighted by Crippen LogP contribution is -2.23. The van der Waals surface area contributed by atoms with Crippen molar-refractivity contribution in [3.05, 3.63) is 33.9 Å². The minimum absolute atomic E-state index is 0.187. The molecular weight excluding hydrogens is 427 g/mol. The summed E-state index contributed by atoms with van der Waals surface area (Å²) in [6, 6.07) is 0.928. The molecule has 2 N–H and O–H groups in total. The lowest BCUT2D eigenvalue weighted by Gasteiger charge is -2.21. The lowest BCUT2D eigenvalue weighted by atomic mass is 9.95. The minimum Gasteiger partial charge on any atom is -0.496 e. The zero-order valence-electron chi connectivity index (χ0n) is 18.4. The predicted molar refractivity (Wildman–Crippen MR) is 116 cm³/mol. The zero-order chi connectivity index (χ0) is 22.7. The average Bonchev–Trinajstić information content (AvgIpc) is 3.00. The van der Waals surface area contributed by atoms with Gasteiger partial charge in [0.05, 0.1) is 20.3 Å². The van der Waals surface area contributed by atoms with Crippen LogP contribution in [0.15, 0.2) is 11.6 Å². The summed E-state index contributed by atoms with van der Waals surface area (Å²) in [5.41, 5.74) is 3.38. The van der Waals surface area contributed by atoms with Crippen LogP contribution in [0.3, 0.4) is 0 Å². The highest BCUT2D eigenvalue weighted by atomic mass is 31.2. The van der Waals surface area contributed by atoms with Crippen molar-refractivity contribution in [1.82, 2.24) is 0 Å². The summed E-state index contributed by atoms with van der Waals surface area (Å²) in [6.45, 7) is 10.8. The number of fused-ring (bicyclic) bond motifs is 1. The summed E-state index contributed by atoms with van der Waals surface area (Å²) >= 11 is 0. The second-order valence-electron chi connectivity index (χ2n) is 8.57. The third-order valence-electron chi connectivity index (χ3n) is 4.84. The van der Waals surface area contributed by atoms with E-state index in [9.17, 15) is 9.36 Å². The molecule has 10 heteroatoms. The Labute approximate surface area is 178 Å². The molecule has 0 bridgehead atoms. The van der Waals surface area contributed by atoms with Crippen LogP contribution in [0.1, 0.15) is 34.0 Å². The normalized spacial score (nSPS) is 14.5. The largest absolute Gasteiger partial charge is 0.496 e. The molecule has 0 aromatic heterocycles. The van der Waals surface area contributed by atoms with E-state index in [1.165, 1.54) is 0 Å². The minimum atomic E-state index is -4.55. The molecule has 1 aliphatic rings. The molecule has 30 heavy (non-hydrogen) atoms. The van der Waals surface area contributed by atoms with Gasteiger partial charge in [-0.25, -0.2) is 9.36 Å². The number of benzene rings is 1. The van der Waals surface area contributed by atoms with Crippen LogP contribution in [0.5, 0.6) is 11.5 Å². The van der Waals surface area contributed by atoms with Crippen LogP contribution >= 0.6 is 7.82 Å². The molecule has 8 nitrogen and oxygen atoms in total. The van der Waals surface area contributed by atoms with Gasteiger partial charge in [-0.15, -0.1) is 0 Å². The smallest absolute Gasteiger partial charge is 0.469 e. The van der Waals surface area contributed by atoms with Crippen LogP contribution in [-0.2, 0) is 26.9 Å². The molecule has 0 amide bonds.